The molecule has 72 valence electrons. The lowest BCUT2D eigenvalue weighted by Gasteiger charge is -2.02. The molecule has 0 heterocycles. The molecule has 0 aliphatic rings. The fourth-order valence-corrected chi connectivity index (χ4v) is 0.941. The summed E-state index contributed by atoms with van der Waals surface area (Å²) in [6, 6.07) is 9.14. The van der Waals surface area contributed by atoms with Gasteiger partial charge in [0.1, 0.15) is 0 Å². The summed E-state index contributed by atoms with van der Waals surface area (Å²) in [6.45, 7) is 0.190. The Kier molecular flexibility index (Phi) is 4.04. The fourth-order valence-electron chi connectivity index (χ4n) is 0.941. The molecule has 1 aromatic rings. The van der Waals surface area contributed by atoms with Crippen molar-refractivity contribution in [2.24, 2.45) is 5.11 Å². The summed E-state index contributed by atoms with van der Waals surface area (Å²) in [5, 5.41) is 5.95. The Labute approximate surface area is 81.4 Å². The van der Waals surface area contributed by atoms with Crippen LogP contribution >= 0.6 is 0 Å². The molecule has 1 N–H and O–H groups in total. The smallest absolute Gasteiger partial charge is 0.224 e. The van der Waals surface area contributed by atoms with Crippen LogP contribution in [0.4, 0.5) is 5.69 Å². The van der Waals surface area contributed by atoms with Gasteiger partial charge in [0.2, 0.25) is 5.91 Å². The van der Waals surface area contributed by atoms with Crippen LogP contribution in [-0.2, 0) is 4.79 Å². The molecule has 0 saturated heterocycles. The van der Waals surface area contributed by atoms with E-state index in [1.165, 1.54) is 0 Å². The molecule has 1 rings (SSSR count). The average Bonchev–Trinajstić information content (AvgIpc) is 2.20. The number of nitrogens with zero attached hydrogens (tertiary/aromatic N) is 3. The lowest BCUT2D eigenvalue weighted by atomic mass is 10.3. The molecule has 0 spiro atoms. The van der Waals surface area contributed by atoms with Crippen molar-refractivity contribution in [3.05, 3.63) is 40.8 Å². The van der Waals surface area contributed by atoms with Crippen molar-refractivity contribution in [1.82, 2.24) is 0 Å². The van der Waals surface area contributed by atoms with Gasteiger partial charge in [0, 0.05) is 23.6 Å². The van der Waals surface area contributed by atoms with Crippen molar-refractivity contribution in [2.45, 2.75) is 6.42 Å². The number of anilines is 1. The van der Waals surface area contributed by atoms with E-state index >= 15 is 0 Å². The third-order valence-corrected chi connectivity index (χ3v) is 1.56. The van der Waals surface area contributed by atoms with Crippen LogP contribution in [0.5, 0.6) is 0 Å². The first-order valence-electron chi connectivity index (χ1n) is 4.18. The number of para-hydroxylation sites is 1. The van der Waals surface area contributed by atoms with Crippen LogP contribution in [0.15, 0.2) is 35.4 Å². The minimum absolute atomic E-state index is 0.149. The Hall–Kier alpha value is -2.00. The molecule has 14 heavy (non-hydrogen) atoms. The third kappa shape index (κ3) is 3.60. The van der Waals surface area contributed by atoms with Gasteiger partial charge >= 0.3 is 0 Å². The van der Waals surface area contributed by atoms with Gasteiger partial charge in [-0.25, -0.2) is 0 Å². The van der Waals surface area contributed by atoms with Crippen LogP contribution in [0.3, 0.4) is 0 Å². The van der Waals surface area contributed by atoms with E-state index in [0.29, 0.717) is 0 Å². The first-order valence-corrected chi connectivity index (χ1v) is 4.18. The highest BCUT2D eigenvalue weighted by atomic mass is 16.1. The highest BCUT2D eigenvalue weighted by molar-refractivity contribution is 5.90. The molecule has 0 unspecified atom stereocenters. The summed E-state index contributed by atoms with van der Waals surface area (Å²) in [7, 11) is 0. The van der Waals surface area contributed by atoms with Gasteiger partial charge in [0.15, 0.2) is 0 Å². The number of nitrogens with one attached hydrogen (secondary N) is 1. The predicted molar refractivity (Wildman–Crippen MR) is 53.7 cm³/mol. The van der Waals surface area contributed by atoms with E-state index in [1.54, 1.807) is 12.1 Å². The summed E-state index contributed by atoms with van der Waals surface area (Å²) in [4.78, 5) is 13.8. The maximum Gasteiger partial charge on any atom is 0.224 e. The van der Waals surface area contributed by atoms with Gasteiger partial charge in [-0.2, -0.15) is 0 Å². The molecule has 0 saturated carbocycles. The number of benzene rings is 1. The predicted octanol–water partition coefficient (Wildman–Crippen LogP) is 2.33. The van der Waals surface area contributed by atoms with Crippen molar-refractivity contribution < 1.29 is 4.79 Å². The molecule has 5 heteroatoms. The molecule has 0 aliphatic heterocycles. The van der Waals surface area contributed by atoms with Crippen molar-refractivity contribution in [2.75, 3.05) is 11.9 Å². The minimum atomic E-state index is -0.149. The SMILES string of the molecule is [N-]=[N+]=NCCC(=O)Nc1ccccc1. The molecule has 0 bridgehead atoms. The third-order valence-electron chi connectivity index (χ3n) is 1.56. The van der Waals surface area contributed by atoms with E-state index in [-0.39, 0.29) is 18.9 Å². The Morgan fingerprint density at radius 1 is 1.43 bits per heavy atom. The number of rotatable bonds is 4. The van der Waals surface area contributed by atoms with Gasteiger partial charge in [-0.05, 0) is 17.7 Å². The molecule has 0 aliphatic carbocycles. The summed E-state index contributed by atoms with van der Waals surface area (Å²) in [6.07, 6.45) is 0.207. The molecule has 0 aromatic heterocycles. The molecule has 0 fully saturated rings. The zero-order valence-corrected chi connectivity index (χ0v) is 7.55. The second kappa shape index (κ2) is 5.61. The van der Waals surface area contributed by atoms with Crippen molar-refractivity contribution >= 4 is 11.6 Å². The highest BCUT2D eigenvalue weighted by Gasteiger charge is 1.99. The minimum Gasteiger partial charge on any atom is -0.326 e. The zero-order chi connectivity index (χ0) is 10.2. The lowest BCUT2D eigenvalue weighted by molar-refractivity contribution is -0.116. The largest absolute Gasteiger partial charge is 0.326 e. The first kappa shape index (κ1) is 10.1. The Balaban J connectivity index is 2.38. The molecule has 5 nitrogen and oxygen atoms in total. The molecule has 0 atom stereocenters. The van der Waals surface area contributed by atoms with Crippen LogP contribution in [0.25, 0.3) is 10.4 Å². The number of carbonyl (C=O) groups excluding carboxylic acids is 1. The van der Waals surface area contributed by atoms with Crippen LogP contribution in [0.2, 0.25) is 0 Å². The Morgan fingerprint density at radius 3 is 2.79 bits per heavy atom. The van der Waals surface area contributed by atoms with Gasteiger partial charge in [0.25, 0.3) is 0 Å². The van der Waals surface area contributed by atoms with Crippen molar-refractivity contribution in [3.8, 4) is 0 Å². The number of hydrogen-bond donors (Lipinski definition) is 1. The van der Waals surface area contributed by atoms with Crippen LogP contribution < -0.4 is 5.32 Å². The van der Waals surface area contributed by atoms with Gasteiger partial charge in [-0.3, -0.25) is 4.79 Å². The summed E-state index contributed by atoms with van der Waals surface area (Å²) in [5.74, 6) is -0.149. The van der Waals surface area contributed by atoms with Gasteiger partial charge in [-0.15, -0.1) is 0 Å². The van der Waals surface area contributed by atoms with E-state index in [1.807, 2.05) is 18.2 Å². The van der Waals surface area contributed by atoms with E-state index in [4.69, 9.17) is 5.53 Å². The highest BCUT2D eigenvalue weighted by Crippen LogP contribution is 2.05. The maximum atomic E-state index is 11.2. The van der Waals surface area contributed by atoms with Crippen LogP contribution in [0.1, 0.15) is 6.42 Å². The van der Waals surface area contributed by atoms with E-state index in [9.17, 15) is 4.79 Å². The Morgan fingerprint density at radius 2 is 2.14 bits per heavy atom. The standard InChI is InChI=1S/C9H10N4O/c10-13-11-7-6-9(14)12-8-4-2-1-3-5-8/h1-5H,6-7H2,(H,12,14). The van der Waals surface area contributed by atoms with Gasteiger partial charge in [0.05, 0.1) is 0 Å². The molecule has 0 radical (unpaired) electrons. The second-order valence-corrected chi connectivity index (χ2v) is 2.62. The summed E-state index contributed by atoms with van der Waals surface area (Å²) in [5.41, 5.74) is 8.74. The van der Waals surface area contributed by atoms with Crippen molar-refractivity contribution in [3.63, 3.8) is 0 Å². The summed E-state index contributed by atoms with van der Waals surface area (Å²) >= 11 is 0. The number of azide groups is 1. The normalized spacial score (nSPS) is 8.86. The topological polar surface area (TPSA) is 77.9 Å². The zero-order valence-electron chi connectivity index (χ0n) is 7.55. The monoisotopic (exact) mass is 190 g/mol. The molecule has 1 amide bonds. The van der Waals surface area contributed by atoms with Gasteiger partial charge in [-0.1, -0.05) is 23.3 Å². The van der Waals surface area contributed by atoms with Crippen molar-refractivity contribution in [1.29, 1.82) is 0 Å². The fraction of sp³-hybridized carbons (Fsp3) is 0.222. The van der Waals surface area contributed by atoms with E-state index in [0.717, 1.165) is 5.69 Å². The summed E-state index contributed by atoms with van der Waals surface area (Å²) < 4.78 is 0. The number of hydrogen-bond acceptors (Lipinski definition) is 2. The number of carbonyl (C=O) groups is 1. The van der Waals surface area contributed by atoms with Crippen LogP contribution in [-0.4, -0.2) is 12.5 Å². The second-order valence-electron chi connectivity index (χ2n) is 2.62. The molecular formula is C9H10N4O. The van der Waals surface area contributed by atoms with Crippen LogP contribution in [0, 0.1) is 0 Å². The average molecular weight is 190 g/mol. The lowest BCUT2D eigenvalue weighted by Crippen LogP contribution is -2.11. The molecule has 1 aromatic carbocycles. The van der Waals surface area contributed by atoms with E-state index < -0.39 is 0 Å². The van der Waals surface area contributed by atoms with E-state index in [2.05, 4.69) is 15.3 Å². The quantitative estimate of drug-likeness (QED) is 0.441. The first-order chi connectivity index (χ1) is 6.83. The number of amides is 1. The molecular weight excluding hydrogens is 180 g/mol. The Bertz CT molecular complexity index is 343. The maximum absolute atomic E-state index is 11.2. The van der Waals surface area contributed by atoms with Gasteiger partial charge < -0.3 is 5.32 Å².